The summed E-state index contributed by atoms with van der Waals surface area (Å²) in [7, 11) is 0. The van der Waals surface area contributed by atoms with E-state index in [2.05, 4.69) is 32.0 Å². The normalized spacial score (nSPS) is 12.4. The Morgan fingerprint density at radius 2 is 1.93 bits per heavy atom. The van der Waals surface area contributed by atoms with Crippen molar-refractivity contribution in [3.63, 3.8) is 0 Å². The first-order chi connectivity index (χ1) is 7.25. The van der Waals surface area contributed by atoms with Crippen molar-refractivity contribution in [3.05, 3.63) is 35.9 Å². The molecule has 0 saturated heterocycles. The Labute approximate surface area is 91.5 Å². The van der Waals surface area contributed by atoms with Crippen LogP contribution in [0.3, 0.4) is 0 Å². The van der Waals surface area contributed by atoms with Crippen LogP contribution in [0.1, 0.15) is 31.9 Å². The van der Waals surface area contributed by atoms with E-state index in [-0.39, 0.29) is 6.10 Å². The summed E-state index contributed by atoms with van der Waals surface area (Å²) in [5.74, 6) is 0.422. The van der Waals surface area contributed by atoms with Gasteiger partial charge in [0.1, 0.15) is 0 Å². The first kappa shape index (κ1) is 11.7. The van der Waals surface area contributed by atoms with Crippen molar-refractivity contribution in [2.45, 2.75) is 26.4 Å². The third kappa shape index (κ3) is 3.73. The maximum absolute atomic E-state index is 8.46. The molecule has 1 aromatic rings. The van der Waals surface area contributed by atoms with Crippen LogP contribution in [0.4, 0.5) is 0 Å². The standard InChI is InChI=1S/C13H17NO/c1-11(2)13(15-10-6-9-14)12-7-4-3-5-8-12/h3-5,7-8,11,13H,6,10H2,1-2H3. The van der Waals surface area contributed by atoms with Gasteiger partial charge >= 0.3 is 0 Å². The zero-order valence-electron chi connectivity index (χ0n) is 9.31. The fourth-order valence-electron chi connectivity index (χ4n) is 1.55. The minimum atomic E-state index is 0.0968. The lowest BCUT2D eigenvalue weighted by atomic mass is 9.99. The molecule has 1 unspecified atom stereocenters. The lowest BCUT2D eigenvalue weighted by Crippen LogP contribution is -2.11. The summed E-state index contributed by atoms with van der Waals surface area (Å²) in [6.07, 6.45) is 0.551. The molecule has 0 N–H and O–H groups in total. The second kappa shape index (κ2) is 6.21. The molecule has 0 spiro atoms. The summed E-state index contributed by atoms with van der Waals surface area (Å²) < 4.78 is 5.71. The van der Waals surface area contributed by atoms with E-state index >= 15 is 0 Å². The number of rotatable bonds is 5. The van der Waals surface area contributed by atoms with Gasteiger partial charge in [-0.15, -0.1) is 0 Å². The average molecular weight is 203 g/mol. The Balaban J connectivity index is 2.63. The van der Waals surface area contributed by atoms with Gasteiger partial charge in [0.15, 0.2) is 0 Å². The molecule has 0 aliphatic heterocycles. The maximum Gasteiger partial charge on any atom is 0.0848 e. The summed E-state index contributed by atoms with van der Waals surface area (Å²) in [5.41, 5.74) is 1.19. The Hall–Kier alpha value is -1.33. The van der Waals surface area contributed by atoms with Gasteiger partial charge in [0, 0.05) is 0 Å². The van der Waals surface area contributed by atoms with Gasteiger partial charge in [-0.3, -0.25) is 0 Å². The molecule has 0 amide bonds. The smallest absolute Gasteiger partial charge is 0.0848 e. The van der Waals surface area contributed by atoms with E-state index in [0.29, 0.717) is 18.9 Å². The molecule has 1 rings (SSSR count). The highest BCUT2D eigenvalue weighted by atomic mass is 16.5. The topological polar surface area (TPSA) is 33.0 Å². The first-order valence-electron chi connectivity index (χ1n) is 5.29. The minimum Gasteiger partial charge on any atom is -0.372 e. The molecule has 2 nitrogen and oxygen atoms in total. The van der Waals surface area contributed by atoms with Crippen molar-refractivity contribution < 1.29 is 4.74 Å². The van der Waals surface area contributed by atoms with E-state index in [1.165, 1.54) is 5.56 Å². The van der Waals surface area contributed by atoms with Crippen molar-refractivity contribution in [1.82, 2.24) is 0 Å². The van der Waals surface area contributed by atoms with Gasteiger partial charge in [0.2, 0.25) is 0 Å². The van der Waals surface area contributed by atoms with Crippen LogP contribution in [-0.4, -0.2) is 6.61 Å². The molecule has 0 bridgehead atoms. The monoisotopic (exact) mass is 203 g/mol. The number of ether oxygens (including phenoxy) is 1. The van der Waals surface area contributed by atoms with Crippen LogP contribution in [0.25, 0.3) is 0 Å². The van der Waals surface area contributed by atoms with E-state index in [9.17, 15) is 0 Å². The van der Waals surface area contributed by atoms with Gasteiger partial charge in [0.05, 0.1) is 25.2 Å². The van der Waals surface area contributed by atoms with E-state index < -0.39 is 0 Å². The number of benzene rings is 1. The SMILES string of the molecule is CC(C)C(OCCC#N)c1ccccc1. The highest BCUT2D eigenvalue weighted by molar-refractivity contribution is 5.18. The van der Waals surface area contributed by atoms with Gasteiger partial charge in [-0.2, -0.15) is 5.26 Å². The second-order valence-electron chi connectivity index (χ2n) is 3.85. The number of nitriles is 1. The fraction of sp³-hybridized carbons (Fsp3) is 0.462. The average Bonchev–Trinajstić information content (AvgIpc) is 2.25. The lowest BCUT2D eigenvalue weighted by Gasteiger charge is -2.21. The third-order valence-electron chi connectivity index (χ3n) is 2.24. The molecular formula is C13H17NO. The predicted molar refractivity (Wildman–Crippen MR) is 60.2 cm³/mol. The van der Waals surface area contributed by atoms with E-state index in [4.69, 9.17) is 10.00 Å². The van der Waals surface area contributed by atoms with Crippen molar-refractivity contribution in [2.75, 3.05) is 6.61 Å². The van der Waals surface area contributed by atoms with Crippen LogP contribution in [0.2, 0.25) is 0 Å². The zero-order chi connectivity index (χ0) is 11.1. The van der Waals surface area contributed by atoms with Crippen LogP contribution in [0.15, 0.2) is 30.3 Å². The molecule has 1 aromatic carbocycles. The largest absolute Gasteiger partial charge is 0.372 e. The molecule has 0 aliphatic rings. The van der Waals surface area contributed by atoms with Crippen molar-refractivity contribution >= 4 is 0 Å². The molecule has 0 heterocycles. The Kier molecular flexibility index (Phi) is 4.86. The van der Waals surface area contributed by atoms with Crippen molar-refractivity contribution in [2.24, 2.45) is 5.92 Å². The van der Waals surface area contributed by atoms with Gasteiger partial charge in [-0.25, -0.2) is 0 Å². The van der Waals surface area contributed by atoms with E-state index in [1.54, 1.807) is 0 Å². The summed E-state index contributed by atoms with van der Waals surface area (Å²) in [6.45, 7) is 4.77. The lowest BCUT2D eigenvalue weighted by molar-refractivity contribution is 0.0244. The summed E-state index contributed by atoms with van der Waals surface area (Å²) >= 11 is 0. The fourth-order valence-corrected chi connectivity index (χ4v) is 1.55. The van der Waals surface area contributed by atoms with E-state index in [0.717, 1.165) is 0 Å². The molecule has 0 radical (unpaired) electrons. The quantitative estimate of drug-likeness (QED) is 0.688. The van der Waals surface area contributed by atoms with Gasteiger partial charge in [0.25, 0.3) is 0 Å². The molecule has 2 heteroatoms. The molecule has 0 fully saturated rings. The van der Waals surface area contributed by atoms with Gasteiger partial charge < -0.3 is 4.74 Å². The number of hydrogen-bond donors (Lipinski definition) is 0. The Bertz CT molecular complexity index is 313. The zero-order valence-corrected chi connectivity index (χ0v) is 9.31. The summed E-state index contributed by atoms with van der Waals surface area (Å²) in [6, 6.07) is 12.2. The van der Waals surface area contributed by atoms with Crippen molar-refractivity contribution in [3.8, 4) is 6.07 Å². The van der Waals surface area contributed by atoms with E-state index in [1.807, 2.05) is 18.2 Å². The molecule has 0 aliphatic carbocycles. The molecule has 15 heavy (non-hydrogen) atoms. The maximum atomic E-state index is 8.46. The molecule has 0 aromatic heterocycles. The highest BCUT2D eigenvalue weighted by Crippen LogP contribution is 2.25. The number of nitrogens with zero attached hydrogens (tertiary/aromatic N) is 1. The van der Waals surface area contributed by atoms with Crippen LogP contribution in [0, 0.1) is 17.2 Å². The minimum absolute atomic E-state index is 0.0968. The van der Waals surface area contributed by atoms with Crippen LogP contribution in [0.5, 0.6) is 0 Å². The van der Waals surface area contributed by atoms with Crippen LogP contribution < -0.4 is 0 Å². The van der Waals surface area contributed by atoms with Crippen LogP contribution >= 0.6 is 0 Å². The Morgan fingerprint density at radius 1 is 1.27 bits per heavy atom. The summed E-state index contributed by atoms with van der Waals surface area (Å²) in [5, 5.41) is 8.46. The third-order valence-corrected chi connectivity index (χ3v) is 2.24. The van der Waals surface area contributed by atoms with Crippen LogP contribution in [-0.2, 0) is 4.74 Å². The Morgan fingerprint density at radius 3 is 2.47 bits per heavy atom. The highest BCUT2D eigenvalue weighted by Gasteiger charge is 2.15. The second-order valence-corrected chi connectivity index (χ2v) is 3.85. The molecule has 1 atom stereocenters. The molecular weight excluding hydrogens is 186 g/mol. The number of hydrogen-bond acceptors (Lipinski definition) is 2. The predicted octanol–water partition coefficient (Wildman–Crippen LogP) is 3.31. The first-order valence-corrected chi connectivity index (χ1v) is 5.29. The molecule has 80 valence electrons. The van der Waals surface area contributed by atoms with Gasteiger partial charge in [-0.05, 0) is 11.5 Å². The molecule has 0 saturated carbocycles. The van der Waals surface area contributed by atoms with Crippen molar-refractivity contribution in [1.29, 1.82) is 5.26 Å². The summed E-state index contributed by atoms with van der Waals surface area (Å²) in [4.78, 5) is 0. The van der Waals surface area contributed by atoms with Gasteiger partial charge in [-0.1, -0.05) is 44.2 Å².